The van der Waals surface area contributed by atoms with Gasteiger partial charge in [0, 0.05) is 12.0 Å². The van der Waals surface area contributed by atoms with Gasteiger partial charge in [-0.05, 0) is 31.4 Å². The number of rotatable bonds is 1. The summed E-state index contributed by atoms with van der Waals surface area (Å²) in [6.07, 6.45) is 5.08. The number of quaternary nitrogens is 1. The summed E-state index contributed by atoms with van der Waals surface area (Å²) in [6.45, 7) is 1.18. The van der Waals surface area contributed by atoms with E-state index >= 15 is 0 Å². The highest BCUT2D eigenvalue weighted by Crippen LogP contribution is 2.18. The summed E-state index contributed by atoms with van der Waals surface area (Å²) >= 11 is 0. The zero-order valence-corrected chi connectivity index (χ0v) is 8.38. The Kier molecular flexibility index (Phi) is 3.14. The molecule has 0 bridgehead atoms. The smallest absolute Gasteiger partial charge is 0.123 e. The van der Waals surface area contributed by atoms with Crippen LogP contribution in [0.3, 0.4) is 0 Å². The lowest BCUT2D eigenvalue weighted by Crippen LogP contribution is -2.84. The highest BCUT2D eigenvalue weighted by atomic mass is 19.1. The molecule has 1 fully saturated rings. The number of hydrogen-bond donors (Lipinski definition) is 1. The SMILES string of the molecule is Fc1cccc([C@H]2CCCCC[NH2+]2)c1. The van der Waals surface area contributed by atoms with Crippen LogP contribution < -0.4 is 5.32 Å². The molecule has 1 aromatic rings. The van der Waals surface area contributed by atoms with Crippen LogP contribution >= 0.6 is 0 Å². The van der Waals surface area contributed by atoms with E-state index in [1.165, 1.54) is 38.3 Å². The largest absolute Gasteiger partial charge is 0.340 e. The second-order valence-corrected chi connectivity index (χ2v) is 4.04. The molecule has 0 unspecified atom stereocenters. The summed E-state index contributed by atoms with van der Waals surface area (Å²) in [5, 5.41) is 2.35. The molecule has 76 valence electrons. The van der Waals surface area contributed by atoms with Crippen molar-refractivity contribution in [1.29, 1.82) is 0 Å². The standard InChI is InChI=1S/C12H16FN/c13-11-6-4-5-10(9-11)12-7-2-1-3-8-14-12/h4-6,9,12,14H,1-3,7-8H2/p+1/t12-/m1/s1. The van der Waals surface area contributed by atoms with Crippen molar-refractivity contribution >= 4 is 0 Å². The van der Waals surface area contributed by atoms with Gasteiger partial charge in [-0.25, -0.2) is 4.39 Å². The molecule has 1 saturated heterocycles. The molecule has 0 amide bonds. The molecule has 0 saturated carbocycles. The molecule has 1 aliphatic heterocycles. The van der Waals surface area contributed by atoms with Crippen molar-refractivity contribution in [2.45, 2.75) is 31.7 Å². The second kappa shape index (κ2) is 4.56. The number of hydrogen-bond acceptors (Lipinski definition) is 0. The van der Waals surface area contributed by atoms with Crippen LogP contribution in [0.2, 0.25) is 0 Å². The van der Waals surface area contributed by atoms with Crippen molar-refractivity contribution in [2.75, 3.05) is 6.54 Å². The number of halogens is 1. The summed E-state index contributed by atoms with van der Waals surface area (Å²) in [6, 6.07) is 7.51. The molecular weight excluding hydrogens is 177 g/mol. The third kappa shape index (κ3) is 2.32. The van der Waals surface area contributed by atoms with Gasteiger partial charge in [0.15, 0.2) is 0 Å². The van der Waals surface area contributed by atoms with Crippen molar-refractivity contribution in [2.24, 2.45) is 0 Å². The normalized spacial score (nSPS) is 23.1. The van der Waals surface area contributed by atoms with Crippen LogP contribution in [0.15, 0.2) is 24.3 Å². The average molecular weight is 194 g/mol. The van der Waals surface area contributed by atoms with E-state index in [1.54, 1.807) is 6.07 Å². The van der Waals surface area contributed by atoms with E-state index in [4.69, 9.17) is 0 Å². The second-order valence-electron chi connectivity index (χ2n) is 4.04. The summed E-state index contributed by atoms with van der Waals surface area (Å²) in [5.41, 5.74) is 1.15. The quantitative estimate of drug-likeness (QED) is 0.704. The van der Waals surface area contributed by atoms with E-state index in [0.29, 0.717) is 6.04 Å². The molecule has 2 N–H and O–H groups in total. The lowest BCUT2D eigenvalue weighted by atomic mass is 10.0. The van der Waals surface area contributed by atoms with Crippen molar-refractivity contribution in [3.8, 4) is 0 Å². The predicted molar refractivity (Wildman–Crippen MR) is 54.4 cm³/mol. The van der Waals surface area contributed by atoms with E-state index in [-0.39, 0.29) is 5.82 Å². The summed E-state index contributed by atoms with van der Waals surface area (Å²) in [5.74, 6) is -0.111. The van der Waals surface area contributed by atoms with Crippen molar-refractivity contribution < 1.29 is 9.71 Å². The fourth-order valence-electron chi connectivity index (χ4n) is 2.16. The van der Waals surface area contributed by atoms with Gasteiger partial charge in [0.2, 0.25) is 0 Å². The summed E-state index contributed by atoms with van der Waals surface area (Å²) < 4.78 is 13.0. The van der Waals surface area contributed by atoms with Gasteiger partial charge in [0.05, 0.1) is 6.54 Å². The van der Waals surface area contributed by atoms with Gasteiger partial charge in [-0.3, -0.25) is 0 Å². The third-order valence-corrected chi connectivity index (χ3v) is 2.95. The summed E-state index contributed by atoms with van der Waals surface area (Å²) in [4.78, 5) is 0. The number of nitrogens with two attached hydrogens (primary N) is 1. The first kappa shape index (κ1) is 9.66. The third-order valence-electron chi connectivity index (χ3n) is 2.95. The lowest BCUT2D eigenvalue weighted by Gasteiger charge is -2.12. The van der Waals surface area contributed by atoms with Gasteiger partial charge in [-0.15, -0.1) is 0 Å². The molecule has 1 aromatic carbocycles. The van der Waals surface area contributed by atoms with Crippen molar-refractivity contribution in [3.63, 3.8) is 0 Å². The minimum atomic E-state index is -0.111. The molecular formula is C12H17FN+. The molecule has 1 nitrogen and oxygen atoms in total. The van der Waals surface area contributed by atoms with E-state index in [0.717, 1.165) is 5.56 Å². The Morgan fingerprint density at radius 1 is 1.21 bits per heavy atom. The first-order chi connectivity index (χ1) is 6.86. The van der Waals surface area contributed by atoms with Crippen molar-refractivity contribution in [3.05, 3.63) is 35.6 Å². The fourth-order valence-corrected chi connectivity index (χ4v) is 2.16. The topological polar surface area (TPSA) is 16.6 Å². The first-order valence-corrected chi connectivity index (χ1v) is 5.45. The molecule has 0 aliphatic carbocycles. The zero-order chi connectivity index (χ0) is 9.80. The van der Waals surface area contributed by atoms with E-state index in [2.05, 4.69) is 5.32 Å². The highest BCUT2D eigenvalue weighted by molar-refractivity contribution is 5.18. The molecule has 1 aliphatic rings. The number of benzene rings is 1. The van der Waals surface area contributed by atoms with E-state index in [9.17, 15) is 4.39 Å². The molecule has 2 heteroatoms. The van der Waals surface area contributed by atoms with Gasteiger partial charge in [0.1, 0.15) is 11.9 Å². The minimum Gasteiger partial charge on any atom is -0.340 e. The van der Waals surface area contributed by atoms with Gasteiger partial charge in [-0.2, -0.15) is 0 Å². The van der Waals surface area contributed by atoms with Crippen molar-refractivity contribution in [1.82, 2.24) is 0 Å². The maximum atomic E-state index is 13.0. The van der Waals surface area contributed by atoms with Crippen LogP contribution in [-0.4, -0.2) is 6.54 Å². The molecule has 2 rings (SSSR count). The molecule has 0 spiro atoms. The molecule has 0 radical (unpaired) electrons. The maximum absolute atomic E-state index is 13.0. The van der Waals surface area contributed by atoms with Crippen LogP contribution in [0.5, 0.6) is 0 Å². The Morgan fingerprint density at radius 2 is 2.14 bits per heavy atom. The van der Waals surface area contributed by atoms with Crippen LogP contribution in [0.25, 0.3) is 0 Å². The van der Waals surface area contributed by atoms with E-state index < -0.39 is 0 Å². The van der Waals surface area contributed by atoms with Crippen LogP contribution in [0, 0.1) is 5.82 Å². The Balaban J connectivity index is 2.12. The molecule has 1 heterocycles. The van der Waals surface area contributed by atoms with Crippen LogP contribution in [0.4, 0.5) is 4.39 Å². The Labute approximate surface area is 84.3 Å². The Morgan fingerprint density at radius 3 is 3.00 bits per heavy atom. The fraction of sp³-hybridized carbons (Fsp3) is 0.500. The minimum absolute atomic E-state index is 0.111. The van der Waals surface area contributed by atoms with Gasteiger partial charge < -0.3 is 5.32 Å². The van der Waals surface area contributed by atoms with Gasteiger partial charge in [0.25, 0.3) is 0 Å². The van der Waals surface area contributed by atoms with Crippen LogP contribution in [-0.2, 0) is 0 Å². The average Bonchev–Trinajstić information content (AvgIpc) is 2.45. The Hall–Kier alpha value is -0.890. The highest BCUT2D eigenvalue weighted by Gasteiger charge is 2.16. The zero-order valence-electron chi connectivity index (χ0n) is 8.38. The molecule has 14 heavy (non-hydrogen) atoms. The Bertz CT molecular complexity index is 290. The van der Waals surface area contributed by atoms with E-state index in [1.807, 2.05) is 12.1 Å². The predicted octanol–water partition coefficient (Wildman–Crippen LogP) is 2.00. The molecule has 1 atom stereocenters. The van der Waals surface area contributed by atoms with Gasteiger partial charge in [-0.1, -0.05) is 12.1 Å². The maximum Gasteiger partial charge on any atom is 0.123 e. The first-order valence-electron chi connectivity index (χ1n) is 5.45. The van der Waals surface area contributed by atoms with Gasteiger partial charge >= 0.3 is 0 Å². The lowest BCUT2D eigenvalue weighted by molar-refractivity contribution is -0.694. The molecule has 0 aromatic heterocycles. The van der Waals surface area contributed by atoms with Crippen LogP contribution in [0.1, 0.15) is 37.3 Å². The summed E-state index contributed by atoms with van der Waals surface area (Å²) in [7, 11) is 0. The monoisotopic (exact) mass is 194 g/mol.